The first-order valence-corrected chi connectivity index (χ1v) is 10.3. The van der Waals surface area contributed by atoms with E-state index in [1.54, 1.807) is 18.2 Å². The number of oxime groups is 1. The molecule has 0 unspecified atom stereocenters. The van der Waals surface area contributed by atoms with Crippen LogP contribution < -0.4 is 10.5 Å². The van der Waals surface area contributed by atoms with Gasteiger partial charge >= 0.3 is 0 Å². The van der Waals surface area contributed by atoms with Gasteiger partial charge in [-0.25, -0.2) is 0 Å². The van der Waals surface area contributed by atoms with E-state index in [-0.39, 0.29) is 12.4 Å². The molecule has 0 amide bonds. The number of hydrogen-bond acceptors (Lipinski definition) is 8. The van der Waals surface area contributed by atoms with Crippen molar-refractivity contribution in [1.29, 1.82) is 0 Å². The highest BCUT2D eigenvalue weighted by atomic mass is 35.5. The number of benzene rings is 2. The quantitative estimate of drug-likeness (QED) is 0.260. The van der Waals surface area contributed by atoms with Crippen molar-refractivity contribution in [2.75, 3.05) is 20.8 Å². The zero-order valence-electron chi connectivity index (χ0n) is 17.7. The molecule has 5 N–H and O–H groups in total. The number of ether oxygens (including phenoxy) is 3. The Labute approximate surface area is 190 Å². The molecule has 0 bridgehead atoms. The van der Waals surface area contributed by atoms with Gasteiger partial charge in [-0.2, -0.15) is 0 Å². The summed E-state index contributed by atoms with van der Waals surface area (Å²) in [7, 11) is 2.76. The molecule has 9 nitrogen and oxygen atoms in total. The van der Waals surface area contributed by atoms with E-state index in [1.165, 1.54) is 14.2 Å². The van der Waals surface area contributed by atoms with Crippen LogP contribution in [0.25, 0.3) is 0 Å². The highest BCUT2D eigenvalue weighted by molar-refractivity contribution is 6.31. The van der Waals surface area contributed by atoms with Crippen LogP contribution in [0.3, 0.4) is 0 Å². The van der Waals surface area contributed by atoms with E-state index < -0.39 is 30.7 Å². The summed E-state index contributed by atoms with van der Waals surface area (Å²) in [5.41, 5.74) is 8.01. The second-order valence-electron chi connectivity index (χ2n) is 7.36. The van der Waals surface area contributed by atoms with Gasteiger partial charge in [0, 0.05) is 12.1 Å². The fraction of sp³-hybridized carbons (Fsp3) is 0.409. The lowest BCUT2D eigenvalue weighted by Crippen LogP contribution is -2.54. The topological polar surface area (TPSA) is 136 Å². The summed E-state index contributed by atoms with van der Waals surface area (Å²) >= 11 is 6.39. The maximum Gasteiger partial charge on any atom is 0.186 e. The standard InChI is InChI=1S/C22H27ClN2O7/c1-29-22-20(28)18(26)19(27)21(32-22)13-5-8-16(23)14(10-13)9-12-3-6-15(7-4-12)31-11-17(24)25-30-2/h3-8,10,18-22,26-28H,9,11H2,1-2H3,(H2,24,25)/t18-,19-,20+,21+,22+/m1/s1. The molecule has 1 saturated heterocycles. The number of hydrogen-bond donors (Lipinski definition) is 4. The van der Waals surface area contributed by atoms with Gasteiger partial charge in [-0.15, -0.1) is 0 Å². The van der Waals surface area contributed by atoms with Gasteiger partial charge in [0.2, 0.25) is 0 Å². The number of amidine groups is 1. The lowest BCUT2D eigenvalue weighted by atomic mass is 9.92. The van der Waals surface area contributed by atoms with E-state index in [9.17, 15) is 15.3 Å². The molecule has 5 atom stereocenters. The third-order valence-electron chi connectivity index (χ3n) is 5.11. The Morgan fingerprint density at radius 2 is 1.78 bits per heavy atom. The molecule has 3 rings (SSSR count). The molecule has 0 saturated carbocycles. The van der Waals surface area contributed by atoms with Gasteiger partial charge in [0.15, 0.2) is 12.1 Å². The number of aliphatic hydroxyl groups is 3. The van der Waals surface area contributed by atoms with Gasteiger partial charge < -0.3 is 40.1 Å². The molecule has 1 aliphatic rings. The third-order valence-corrected chi connectivity index (χ3v) is 5.48. The fourth-order valence-electron chi connectivity index (χ4n) is 3.45. The molecule has 0 spiro atoms. The van der Waals surface area contributed by atoms with E-state index in [0.29, 0.717) is 22.8 Å². The Morgan fingerprint density at radius 1 is 1.06 bits per heavy atom. The molecule has 1 fully saturated rings. The Balaban J connectivity index is 1.73. The van der Waals surface area contributed by atoms with Gasteiger partial charge in [0.1, 0.15) is 43.9 Å². The maximum absolute atomic E-state index is 10.4. The molecule has 1 heterocycles. The summed E-state index contributed by atoms with van der Waals surface area (Å²) in [6, 6.07) is 12.6. The molecular weight excluding hydrogens is 440 g/mol. The van der Waals surface area contributed by atoms with Gasteiger partial charge in [-0.1, -0.05) is 41.0 Å². The zero-order chi connectivity index (χ0) is 23.3. The van der Waals surface area contributed by atoms with Gasteiger partial charge in [-0.3, -0.25) is 0 Å². The molecule has 0 aromatic heterocycles. The highest BCUT2D eigenvalue weighted by Crippen LogP contribution is 2.34. The van der Waals surface area contributed by atoms with Crippen LogP contribution in [0.2, 0.25) is 5.02 Å². The summed E-state index contributed by atoms with van der Waals surface area (Å²) in [5.74, 6) is 0.848. The van der Waals surface area contributed by atoms with Crippen LogP contribution in [-0.2, 0) is 20.7 Å². The van der Waals surface area contributed by atoms with Crippen molar-refractivity contribution in [2.45, 2.75) is 37.1 Å². The SMILES string of the molecule is CO/N=C(\N)COc1ccc(Cc2cc([C@@H]3O[C@H](OC)[C@@H](O)[C@H](O)[C@H]3O)ccc2Cl)cc1. The van der Waals surface area contributed by atoms with E-state index in [0.717, 1.165) is 11.1 Å². The van der Waals surface area contributed by atoms with Gasteiger partial charge in [0.05, 0.1) is 0 Å². The third kappa shape index (κ3) is 5.69. The number of halogens is 1. The highest BCUT2D eigenvalue weighted by Gasteiger charge is 2.44. The molecule has 2 aromatic rings. The van der Waals surface area contributed by atoms with Gasteiger partial charge in [0.25, 0.3) is 0 Å². The van der Waals surface area contributed by atoms with Crippen LogP contribution in [0.4, 0.5) is 0 Å². The second kappa shape index (κ2) is 11.0. The Hall–Kier alpha value is -2.40. The molecule has 0 aliphatic carbocycles. The Morgan fingerprint density at radius 3 is 2.44 bits per heavy atom. The average Bonchev–Trinajstić information content (AvgIpc) is 2.79. The van der Waals surface area contributed by atoms with Crippen molar-refractivity contribution in [2.24, 2.45) is 10.9 Å². The van der Waals surface area contributed by atoms with Crippen LogP contribution >= 0.6 is 11.6 Å². The molecule has 32 heavy (non-hydrogen) atoms. The fourth-order valence-corrected chi connectivity index (χ4v) is 3.63. The first-order chi connectivity index (χ1) is 15.3. The molecule has 2 aromatic carbocycles. The second-order valence-corrected chi connectivity index (χ2v) is 7.77. The number of rotatable bonds is 8. The van der Waals surface area contributed by atoms with Crippen LogP contribution in [0.1, 0.15) is 22.8 Å². The van der Waals surface area contributed by atoms with Crippen molar-refractivity contribution in [1.82, 2.24) is 0 Å². The molecular formula is C22H27ClN2O7. The average molecular weight is 467 g/mol. The lowest BCUT2D eigenvalue weighted by Gasteiger charge is -2.40. The first-order valence-electron chi connectivity index (χ1n) is 9.92. The monoisotopic (exact) mass is 466 g/mol. The number of nitrogens with two attached hydrogens (primary N) is 1. The summed E-state index contributed by atoms with van der Waals surface area (Å²) in [6.07, 6.45) is -5.52. The number of nitrogens with zero attached hydrogens (tertiary/aromatic N) is 1. The van der Waals surface area contributed by atoms with Crippen LogP contribution in [-0.4, -0.2) is 66.6 Å². The van der Waals surface area contributed by atoms with Crippen molar-refractivity contribution >= 4 is 17.4 Å². The lowest BCUT2D eigenvalue weighted by molar-refractivity contribution is -0.292. The zero-order valence-corrected chi connectivity index (χ0v) is 18.5. The van der Waals surface area contributed by atoms with Crippen molar-refractivity contribution < 1.29 is 34.4 Å². The van der Waals surface area contributed by atoms with E-state index in [1.807, 2.05) is 24.3 Å². The van der Waals surface area contributed by atoms with Crippen LogP contribution in [0, 0.1) is 0 Å². The predicted octanol–water partition coefficient (Wildman–Crippen LogP) is 1.35. The summed E-state index contributed by atoms with van der Waals surface area (Å²) in [5, 5.41) is 34.7. The minimum Gasteiger partial charge on any atom is -0.486 e. The van der Waals surface area contributed by atoms with Gasteiger partial charge in [-0.05, 0) is 41.3 Å². The number of methoxy groups -OCH3 is 1. The molecule has 0 radical (unpaired) electrons. The van der Waals surface area contributed by atoms with E-state index >= 15 is 0 Å². The van der Waals surface area contributed by atoms with Crippen molar-refractivity contribution in [3.8, 4) is 5.75 Å². The summed E-state index contributed by atoms with van der Waals surface area (Å²) in [4.78, 5) is 4.58. The summed E-state index contributed by atoms with van der Waals surface area (Å²) in [6.45, 7) is 0.105. The molecule has 1 aliphatic heterocycles. The van der Waals surface area contributed by atoms with Crippen molar-refractivity contribution in [3.63, 3.8) is 0 Å². The number of aliphatic hydroxyl groups excluding tert-OH is 3. The van der Waals surface area contributed by atoms with Crippen molar-refractivity contribution in [3.05, 3.63) is 64.2 Å². The normalized spacial score (nSPS) is 26.1. The largest absolute Gasteiger partial charge is 0.486 e. The molecule has 174 valence electrons. The minimum absolute atomic E-state index is 0.105. The van der Waals surface area contributed by atoms with Crippen LogP contribution in [0.5, 0.6) is 5.75 Å². The first kappa shape index (κ1) is 24.2. The van der Waals surface area contributed by atoms with E-state index in [2.05, 4.69) is 9.99 Å². The Kier molecular flexibility index (Phi) is 8.30. The predicted molar refractivity (Wildman–Crippen MR) is 117 cm³/mol. The molecule has 10 heteroatoms. The Bertz CT molecular complexity index is 923. The van der Waals surface area contributed by atoms with E-state index in [4.69, 9.17) is 31.5 Å². The smallest absolute Gasteiger partial charge is 0.186 e. The minimum atomic E-state index is -1.41. The maximum atomic E-state index is 10.4. The van der Waals surface area contributed by atoms with Crippen LogP contribution in [0.15, 0.2) is 47.6 Å². The summed E-state index contributed by atoms with van der Waals surface area (Å²) < 4.78 is 16.3.